The Balaban J connectivity index is 2.46. The molecule has 1 unspecified atom stereocenters. The summed E-state index contributed by atoms with van der Waals surface area (Å²) in [5.74, 6) is -0.336. The first-order valence-electron chi connectivity index (χ1n) is 5.67. The summed E-state index contributed by atoms with van der Waals surface area (Å²) in [5, 5.41) is 11.7. The van der Waals surface area contributed by atoms with Gasteiger partial charge in [-0.1, -0.05) is 37.6 Å². The van der Waals surface area contributed by atoms with Crippen molar-refractivity contribution in [3.05, 3.63) is 35.4 Å². The second-order valence-electron chi connectivity index (χ2n) is 3.96. The number of nitrogens with one attached hydrogen (secondary N) is 1. The van der Waals surface area contributed by atoms with Crippen LogP contribution in [0.4, 0.5) is 0 Å². The van der Waals surface area contributed by atoms with E-state index in [1.165, 1.54) is 12.5 Å². The van der Waals surface area contributed by atoms with Crippen LogP contribution in [0.2, 0.25) is 0 Å². The summed E-state index contributed by atoms with van der Waals surface area (Å²) < 4.78 is 0. The van der Waals surface area contributed by atoms with Crippen LogP contribution in [0.1, 0.15) is 31.4 Å². The highest BCUT2D eigenvalue weighted by molar-refractivity contribution is 5.79. The molecular formula is C13H19NO2. The van der Waals surface area contributed by atoms with Crippen molar-refractivity contribution in [1.82, 2.24) is 5.32 Å². The van der Waals surface area contributed by atoms with Crippen LogP contribution in [0.5, 0.6) is 0 Å². The molecule has 3 nitrogen and oxygen atoms in total. The Morgan fingerprint density at radius 1 is 1.31 bits per heavy atom. The number of hydrogen-bond acceptors (Lipinski definition) is 2. The van der Waals surface area contributed by atoms with Gasteiger partial charge in [0.25, 0.3) is 0 Å². The minimum Gasteiger partial charge on any atom is -0.384 e. The third-order valence-electron chi connectivity index (χ3n) is 2.41. The Bertz CT molecular complexity index is 330. The molecule has 16 heavy (non-hydrogen) atoms. The maximum absolute atomic E-state index is 11.1. The summed E-state index contributed by atoms with van der Waals surface area (Å²) in [7, 11) is 0. The van der Waals surface area contributed by atoms with E-state index in [0.717, 1.165) is 18.4 Å². The van der Waals surface area contributed by atoms with E-state index in [2.05, 4.69) is 24.4 Å². The smallest absolute Gasteiger partial charge is 0.248 e. The Hall–Kier alpha value is -1.35. The minimum atomic E-state index is -0.945. The maximum Gasteiger partial charge on any atom is 0.248 e. The predicted octanol–water partition coefficient (Wildman–Crippen LogP) is 1.64. The molecule has 0 aliphatic carbocycles. The van der Waals surface area contributed by atoms with Gasteiger partial charge in [-0.05, 0) is 24.5 Å². The van der Waals surface area contributed by atoms with Gasteiger partial charge in [0, 0.05) is 6.54 Å². The molecule has 1 aromatic rings. The molecular weight excluding hydrogens is 202 g/mol. The van der Waals surface area contributed by atoms with Gasteiger partial charge in [-0.2, -0.15) is 0 Å². The lowest BCUT2D eigenvalue weighted by Gasteiger charge is -2.07. The summed E-state index contributed by atoms with van der Waals surface area (Å²) in [5.41, 5.74) is 2.36. The molecule has 1 atom stereocenters. The van der Waals surface area contributed by atoms with E-state index in [-0.39, 0.29) is 5.91 Å². The topological polar surface area (TPSA) is 49.3 Å². The molecule has 88 valence electrons. The molecule has 1 rings (SSSR count). The summed E-state index contributed by atoms with van der Waals surface area (Å²) in [6, 6.07) is 8.17. The highest BCUT2D eigenvalue weighted by atomic mass is 16.3. The normalized spacial score (nSPS) is 12.2. The number of carbonyl (C=O) groups excluding carboxylic acids is 1. The number of carbonyl (C=O) groups is 1. The van der Waals surface area contributed by atoms with Crippen LogP contribution >= 0.6 is 0 Å². The average molecular weight is 221 g/mol. The minimum absolute atomic E-state index is 0.336. The van der Waals surface area contributed by atoms with Gasteiger partial charge in [-0.3, -0.25) is 4.79 Å². The first kappa shape index (κ1) is 12.7. The van der Waals surface area contributed by atoms with Crippen LogP contribution in [0.3, 0.4) is 0 Å². The van der Waals surface area contributed by atoms with Gasteiger partial charge >= 0.3 is 0 Å². The van der Waals surface area contributed by atoms with Gasteiger partial charge in [0.1, 0.15) is 6.10 Å². The molecule has 0 saturated heterocycles. The van der Waals surface area contributed by atoms with Crippen LogP contribution in [-0.2, 0) is 17.8 Å². The van der Waals surface area contributed by atoms with Crippen molar-refractivity contribution in [2.75, 3.05) is 0 Å². The molecule has 0 aromatic heterocycles. The fraction of sp³-hybridized carbons (Fsp3) is 0.462. The van der Waals surface area contributed by atoms with Crippen molar-refractivity contribution in [1.29, 1.82) is 0 Å². The number of aliphatic hydroxyl groups excluding tert-OH is 1. The van der Waals surface area contributed by atoms with Gasteiger partial charge in [-0.15, -0.1) is 0 Å². The number of aryl methyl sites for hydroxylation is 1. The van der Waals surface area contributed by atoms with Crippen molar-refractivity contribution in [3.63, 3.8) is 0 Å². The Morgan fingerprint density at radius 2 is 1.88 bits per heavy atom. The molecule has 0 spiro atoms. The van der Waals surface area contributed by atoms with E-state index in [0.29, 0.717) is 6.54 Å². The summed E-state index contributed by atoms with van der Waals surface area (Å²) >= 11 is 0. The Morgan fingerprint density at radius 3 is 2.38 bits per heavy atom. The third kappa shape index (κ3) is 4.03. The lowest BCUT2D eigenvalue weighted by atomic mass is 10.1. The van der Waals surface area contributed by atoms with Crippen molar-refractivity contribution in [3.8, 4) is 0 Å². The molecule has 1 amide bonds. The fourth-order valence-electron chi connectivity index (χ4n) is 1.45. The van der Waals surface area contributed by atoms with Gasteiger partial charge in [-0.25, -0.2) is 0 Å². The highest BCUT2D eigenvalue weighted by Gasteiger charge is 2.07. The summed E-state index contributed by atoms with van der Waals surface area (Å²) in [6.45, 7) is 4.08. The first-order chi connectivity index (χ1) is 7.63. The third-order valence-corrected chi connectivity index (χ3v) is 2.41. The number of aliphatic hydroxyl groups is 1. The molecule has 3 heteroatoms. The second kappa shape index (κ2) is 6.28. The zero-order chi connectivity index (χ0) is 12.0. The quantitative estimate of drug-likeness (QED) is 0.794. The van der Waals surface area contributed by atoms with E-state index in [4.69, 9.17) is 5.11 Å². The molecule has 0 saturated carbocycles. The molecule has 0 aliphatic heterocycles. The van der Waals surface area contributed by atoms with Crippen molar-refractivity contribution >= 4 is 5.91 Å². The van der Waals surface area contributed by atoms with Crippen LogP contribution < -0.4 is 5.32 Å². The molecule has 0 bridgehead atoms. The predicted molar refractivity (Wildman–Crippen MR) is 64.0 cm³/mol. The standard InChI is InChI=1S/C13H19NO2/c1-3-4-11-5-7-12(8-6-11)9-14-13(16)10(2)15/h5-8,10,15H,3-4,9H2,1-2H3,(H,14,16). The number of benzene rings is 1. The molecule has 0 aliphatic rings. The zero-order valence-corrected chi connectivity index (χ0v) is 9.86. The number of rotatable bonds is 5. The fourth-order valence-corrected chi connectivity index (χ4v) is 1.45. The molecule has 0 heterocycles. The zero-order valence-electron chi connectivity index (χ0n) is 9.86. The molecule has 0 radical (unpaired) electrons. The first-order valence-corrected chi connectivity index (χ1v) is 5.67. The van der Waals surface area contributed by atoms with E-state index in [9.17, 15) is 4.79 Å². The lowest BCUT2D eigenvalue weighted by Crippen LogP contribution is -2.31. The number of hydrogen-bond donors (Lipinski definition) is 2. The SMILES string of the molecule is CCCc1ccc(CNC(=O)C(C)O)cc1. The molecule has 2 N–H and O–H groups in total. The molecule has 0 fully saturated rings. The van der Waals surface area contributed by atoms with E-state index in [1.54, 1.807) is 0 Å². The lowest BCUT2D eigenvalue weighted by molar-refractivity contribution is -0.128. The van der Waals surface area contributed by atoms with Crippen molar-refractivity contribution in [2.24, 2.45) is 0 Å². The van der Waals surface area contributed by atoms with E-state index < -0.39 is 6.10 Å². The van der Waals surface area contributed by atoms with Crippen LogP contribution in [0.15, 0.2) is 24.3 Å². The van der Waals surface area contributed by atoms with E-state index >= 15 is 0 Å². The monoisotopic (exact) mass is 221 g/mol. The molecule has 1 aromatic carbocycles. The Labute approximate surface area is 96.5 Å². The van der Waals surface area contributed by atoms with Gasteiger partial charge in [0.15, 0.2) is 0 Å². The van der Waals surface area contributed by atoms with Gasteiger partial charge in [0.05, 0.1) is 0 Å². The summed E-state index contributed by atoms with van der Waals surface area (Å²) in [4.78, 5) is 11.1. The van der Waals surface area contributed by atoms with Crippen LogP contribution in [0.25, 0.3) is 0 Å². The largest absolute Gasteiger partial charge is 0.384 e. The second-order valence-corrected chi connectivity index (χ2v) is 3.96. The van der Waals surface area contributed by atoms with Crippen LogP contribution in [0, 0.1) is 0 Å². The maximum atomic E-state index is 11.1. The van der Waals surface area contributed by atoms with Gasteiger partial charge < -0.3 is 10.4 Å². The summed E-state index contributed by atoms with van der Waals surface area (Å²) in [6.07, 6.45) is 1.28. The van der Waals surface area contributed by atoms with Crippen LogP contribution in [-0.4, -0.2) is 17.1 Å². The van der Waals surface area contributed by atoms with Gasteiger partial charge in [0.2, 0.25) is 5.91 Å². The van der Waals surface area contributed by atoms with Crippen molar-refractivity contribution < 1.29 is 9.90 Å². The number of amides is 1. The van der Waals surface area contributed by atoms with E-state index in [1.807, 2.05) is 12.1 Å². The Kier molecular flexibility index (Phi) is 4.99. The average Bonchev–Trinajstić information content (AvgIpc) is 2.28. The highest BCUT2D eigenvalue weighted by Crippen LogP contribution is 2.06. The van der Waals surface area contributed by atoms with Crippen molar-refractivity contribution in [2.45, 2.75) is 39.3 Å².